The Labute approximate surface area is 102 Å². The quantitative estimate of drug-likeness (QED) is 0.607. The van der Waals surface area contributed by atoms with Gasteiger partial charge >= 0.3 is 0 Å². The number of hydrogen-bond acceptors (Lipinski definition) is 3. The first-order valence-corrected chi connectivity index (χ1v) is 5.67. The Morgan fingerprint density at radius 3 is 1.53 bits per heavy atom. The van der Waals surface area contributed by atoms with Gasteiger partial charge in [0.15, 0.2) is 0 Å². The third kappa shape index (κ3) is 3.67. The zero-order chi connectivity index (χ0) is 11.9. The third-order valence-corrected chi connectivity index (χ3v) is 2.62. The van der Waals surface area contributed by atoms with Crippen LogP contribution < -0.4 is 11.4 Å². The van der Waals surface area contributed by atoms with Crippen LogP contribution in [0.5, 0.6) is 0 Å². The Morgan fingerprint density at radius 2 is 1.18 bits per heavy atom. The van der Waals surface area contributed by atoms with Crippen molar-refractivity contribution in [1.82, 2.24) is 10.5 Å². The van der Waals surface area contributed by atoms with Gasteiger partial charge in [-0.15, -0.1) is 0 Å². The Kier molecular flexibility index (Phi) is 4.27. The molecule has 0 fully saturated rings. The summed E-state index contributed by atoms with van der Waals surface area (Å²) in [6.45, 7) is 1.57. The average Bonchev–Trinajstić information content (AvgIpc) is 2.40. The summed E-state index contributed by atoms with van der Waals surface area (Å²) in [4.78, 5) is 0. The van der Waals surface area contributed by atoms with E-state index in [9.17, 15) is 0 Å². The van der Waals surface area contributed by atoms with Gasteiger partial charge in [-0.05, 0) is 11.1 Å². The number of nitrogens with two attached hydrogens (primary N) is 1. The third-order valence-electron chi connectivity index (χ3n) is 2.62. The molecule has 88 valence electrons. The van der Waals surface area contributed by atoms with Crippen molar-refractivity contribution in [3.05, 3.63) is 71.8 Å². The van der Waals surface area contributed by atoms with Gasteiger partial charge in [-0.3, -0.25) is 5.84 Å². The Morgan fingerprint density at radius 1 is 0.765 bits per heavy atom. The molecule has 0 aromatic heterocycles. The minimum Gasteiger partial charge on any atom is -0.258 e. The molecule has 0 aliphatic carbocycles. The van der Waals surface area contributed by atoms with Crippen molar-refractivity contribution < 1.29 is 0 Å². The highest BCUT2D eigenvalue weighted by Gasteiger charge is 2.04. The van der Waals surface area contributed by atoms with E-state index in [0.717, 1.165) is 13.1 Å². The van der Waals surface area contributed by atoms with Crippen LogP contribution in [0.15, 0.2) is 60.7 Å². The van der Waals surface area contributed by atoms with Crippen LogP contribution in [0.4, 0.5) is 0 Å². The van der Waals surface area contributed by atoms with E-state index >= 15 is 0 Å². The van der Waals surface area contributed by atoms with E-state index in [-0.39, 0.29) is 0 Å². The van der Waals surface area contributed by atoms with Crippen molar-refractivity contribution in [3.8, 4) is 0 Å². The fourth-order valence-electron chi connectivity index (χ4n) is 1.75. The number of hydrazine groups is 2. The molecule has 2 aromatic carbocycles. The zero-order valence-electron chi connectivity index (χ0n) is 9.71. The van der Waals surface area contributed by atoms with Crippen molar-refractivity contribution in [2.75, 3.05) is 0 Å². The standard InChI is InChI=1S/C14H17N3/c15-16-17(11-13-7-3-1-4-8-13)12-14-9-5-2-6-10-14/h1-10,16H,11-12,15H2. The van der Waals surface area contributed by atoms with Gasteiger partial charge in [0.05, 0.1) is 0 Å². The average molecular weight is 227 g/mol. The van der Waals surface area contributed by atoms with Gasteiger partial charge in [-0.25, -0.2) is 5.01 Å². The van der Waals surface area contributed by atoms with Crippen LogP contribution in [0.1, 0.15) is 11.1 Å². The van der Waals surface area contributed by atoms with Crippen LogP contribution in [0.2, 0.25) is 0 Å². The minimum atomic E-state index is 0.784. The molecule has 3 heteroatoms. The monoisotopic (exact) mass is 227 g/mol. The predicted octanol–water partition coefficient (Wildman–Crippen LogP) is 2.07. The van der Waals surface area contributed by atoms with E-state index in [4.69, 9.17) is 5.84 Å². The van der Waals surface area contributed by atoms with Crippen LogP contribution in [-0.4, -0.2) is 5.01 Å². The molecule has 3 nitrogen and oxygen atoms in total. The predicted molar refractivity (Wildman–Crippen MR) is 69.5 cm³/mol. The summed E-state index contributed by atoms with van der Waals surface area (Å²) < 4.78 is 0. The fourth-order valence-corrected chi connectivity index (χ4v) is 1.75. The van der Waals surface area contributed by atoms with E-state index in [2.05, 4.69) is 29.8 Å². The summed E-state index contributed by atoms with van der Waals surface area (Å²) in [5.41, 5.74) is 5.21. The lowest BCUT2D eigenvalue weighted by atomic mass is 10.2. The number of benzene rings is 2. The Hall–Kier alpha value is -1.68. The number of rotatable bonds is 5. The van der Waals surface area contributed by atoms with Crippen molar-refractivity contribution in [3.63, 3.8) is 0 Å². The van der Waals surface area contributed by atoms with Crippen LogP contribution in [0.25, 0.3) is 0 Å². The van der Waals surface area contributed by atoms with E-state index in [1.54, 1.807) is 0 Å². The van der Waals surface area contributed by atoms with Crippen molar-refractivity contribution in [2.45, 2.75) is 13.1 Å². The molecule has 0 saturated heterocycles. The van der Waals surface area contributed by atoms with Gasteiger partial charge in [-0.2, -0.15) is 5.53 Å². The van der Waals surface area contributed by atoms with Crippen LogP contribution in [0.3, 0.4) is 0 Å². The number of nitrogens with one attached hydrogen (secondary N) is 1. The van der Waals surface area contributed by atoms with Crippen LogP contribution in [0, 0.1) is 0 Å². The molecule has 0 heterocycles. The highest BCUT2D eigenvalue weighted by atomic mass is 15.6. The van der Waals surface area contributed by atoms with Crippen molar-refractivity contribution >= 4 is 0 Å². The second-order valence-corrected chi connectivity index (χ2v) is 3.96. The molecule has 0 radical (unpaired) electrons. The molecule has 17 heavy (non-hydrogen) atoms. The molecular weight excluding hydrogens is 210 g/mol. The van der Waals surface area contributed by atoms with Gasteiger partial charge in [0.25, 0.3) is 0 Å². The normalized spacial score (nSPS) is 10.7. The Balaban J connectivity index is 1.98. The van der Waals surface area contributed by atoms with Crippen LogP contribution >= 0.6 is 0 Å². The molecule has 0 aliphatic heterocycles. The van der Waals surface area contributed by atoms with Gasteiger partial charge in [-0.1, -0.05) is 60.7 Å². The summed E-state index contributed by atoms with van der Waals surface area (Å²) in [6.07, 6.45) is 0. The molecule has 2 aromatic rings. The lowest BCUT2D eigenvalue weighted by Crippen LogP contribution is -2.41. The lowest BCUT2D eigenvalue weighted by molar-refractivity contribution is 0.170. The van der Waals surface area contributed by atoms with E-state index < -0.39 is 0 Å². The molecular formula is C14H17N3. The maximum Gasteiger partial charge on any atom is 0.0398 e. The highest BCUT2D eigenvalue weighted by molar-refractivity contribution is 5.16. The largest absolute Gasteiger partial charge is 0.258 e. The van der Waals surface area contributed by atoms with Gasteiger partial charge < -0.3 is 0 Å². The zero-order valence-corrected chi connectivity index (χ0v) is 9.71. The first kappa shape index (κ1) is 11.8. The van der Waals surface area contributed by atoms with Gasteiger partial charge in [0, 0.05) is 13.1 Å². The molecule has 3 N–H and O–H groups in total. The Bertz CT molecular complexity index is 386. The van der Waals surface area contributed by atoms with Crippen molar-refractivity contribution in [2.24, 2.45) is 5.84 Å². The molecule has 0 atom stereocenters. The fraction of sp³-hybridized carbons (Fsp3) is 0.143. The summed E-state index contributed by atoms with van der Waals surface area (Å²) in [7, 11) is 0. The van der Waals surface area contributed by atoms with Crippen LogP contribution in [-0.2, 0) is 13.1 Å². The first-order valence-electron chi connectivity index (χ1n) is 5.67. The maximum absolute atomic E-state index is 5.54. The second-order valence-electron chi connectivity index (χ2n) is 3.96. The maximum atomic E-state index is 5.54. The highest BCUT2D eigenvalue weighted by Crippen LogP contribution is 2.06. The molecule has 0 aliphatic rings. The number of nitrogens with zero attached hydrogens (tertiary/aromatic N) is 1. The molecule has 0 unspecified atom stereocenters. The molecule has 2 rings (SSSR count). The summed E-state index contributed by atoms with van der Waals surface area (Å²) in [5.74, 6) is 5.54. The lowest BCUT2D eigenvalue weighted by Gasteiger charge is -2.20. The van der Waals surface area contributed by atoms with E-state index in [0.29, 0.717) is 0 Å². The minimum absolute atomic E-state index is 0.784. The first-order chi connectivity index (χ1) is 8.38. The SMILES string of the molecule is NNN(Cc1ccccc1)Cc1ccccc1. The molecule has 0 amide bonds. The number of hydrogen-bond donors (Lipinski definition) is 2. The van der Waals surface area contributed by atoms with Gasteiger partial charge in [0.1, 0.15) is 0 Å². The van der Waals surface area contributed by atoms with Gasteiger partial charge in [0.2, 0.25) is 0 Å². The smallest absolute Gasteiger partial charge is 0.0398 e. The van der Waals surface area contributed by atoms with E-state index in [1.165, 1.54) is 11.1 Å². The molecule has 0 saturated carbocycles. The van der Waals surface area contributed by atoms with Crippen molar-refractivity contribution in [1.29, 1.82) is 0 Å². The topological polar surface area (TPSA) is 41.3 Å². The van der Waals surface area contributed by atoms with E-state index in [1.807, 2.05) is 41.4 Å². The summed E-state index contributed by atoms with van der Waals surface area (Å²) >= 11 is 0. The second kappa shape index (κ2) is 6.15. The summed E-state index contributed by atoms with van der Waals surface area (Å²) in [5, 5.41) is 1.98. The molecule has 0 bridgehead atoms. The molecule has 0 spiro atoms. The summed E-state index contributed by atoms with van der Waals surface area (Å²) in [6, 6.07) is 20.5.